The lowest BCUT2D eigenvalue weighted by atomic mass is 9.87. The van der Waals surface area contributed by atoms with Crippen molar-refractivity contribution in [3.63, 3.8) is 0 Å². The van der Waals surface area contributed by atoms with Crippen LogP contribution < -0.4 is 5.32 Å². The summed E-state index contributed by atoms with van der Waals surface area (Å²) in [6.07, 6.45) is 4.34. The Hall–Kier alpha value is -1.03. The molecule has 4 heteroatoms. The van der Waals surface area contributed by atoms with Crippen molar-refractivity contribution in [3.05, 3.63) is 15.8 Å². The molecule has 0 aromatic carbocycles. The van der Waals surface area contributed by atoms with Gasteiger partial charge in [-0.25, -0.2) is 4.79 Å². The second-order valence-corrected chi connectivity index (χ2v) is 7.16. The van der Waals surface area contributed by atoms with Crippen LogP contribution in [0.4, 0.5) is 10.5 Å². The Balaban J connectivity index is 2.03. The number of carbonyl (C=O) groups is 1. The average molecular weight is 281 g/mol. The van der Waals surface area contributed by atoms with Crippen LogP contribution in [-0.4, -0.2) is 11.7 Å². The fraction of sp³-hybridized carbons (Fsp3) is 0.667. The number of hydrogen-bond donors (Lipinski definition) is 1. The molecule has 0 saturated carbocycles. The fourth-order valence-corrected chi connectivity index (χ4v) is 3.60. The average Bonchev–Trinajstić information content (AvgIpc) is 2.69. The third-order valence-electron chi connectivity index (χ3n) is 3.47. The summed E-state index contributed by atoms with van der Waals surface area (Å²) < 4.78 is 5.30. The van der Waals surface area contributed by atoms with Crippen molar-refractivity contribution in [1.29, 1.82) is 0 Å². The second-order valence-electron chi connectivity index (χ2n) is 6.20. The van der Waals surface area contributed by atoms with E-state index in [1.54, 1.807) is 11.3 Å². The van der Waals surface area contributed by atoms with Gasteiger partial charge in [-0.05, 0) is 51.5 Å². The quantitative estimate of drug-likeness (QED) is 0.859. The minimum Gasteiger partial charge on any atom is -0.444 e. The molecule has 2 rings (SSSR count). The normalized spacial score (nSPS) is 18.8. The third-order valence-corrected chi connectivity index (χ3v) is 4.52. The van der Waals surface area contributed by atoms with Gasteiger partial charge in [0.1, 0.15) is 5.60 Å². The van der Waals surface area contributed by atoms with Crippen LogP contribution in [0.15, 0.2) is 5.38 Å². The fourth-order valence-electron chi connectivity index (χ4n) is 2.45. The molecule has 0 fully saturated rings. The highest BCUT2D eigenvalue weighted by molar-refractivity contribution is 7.10. The highest BCUT2D eigenvalue weighted by Gasteiger charge is 2.23. The maximum atomic E-state index is 11.8. The van der Waals surface area contributed by atoms with E-state index < -0.39 is 5.60 Å². The van der Waals surface area contributed by atoms with Crippen molar-refractivity contribution >= 4 is 23.1 Å². The van der Waals surface area contributed by atoms with E-state index in [1.807, 2.05) is 26.2 Å². The SMILES string of the molecule is CCC1CCc2c(NC(=O)OC(C)(C)C)csc2C1. The predicted octanol–water partition coefficient (Wildman–Crippen LogP) is 4.61. The molecule has 0 bridgehead atoms. The minimum atomic E-state index is -0.451. The van der Waals surface area contributed by atoms with Crippen LogP contribution in [0.25, 0.3) is 0 Å². The van der Waals surface area contributed by atoms with E-state index in [0.717, 1.165) is 24.4 Å². The molecule has 0 radical (unpaired) electrons. The van der Waals surface area contributed by atoms with E-state index >= 15 is 0 Å². The molecule has 1 heterocycles. The largest absolute Gasteiger partial charge is 0.444 e. The zero-order valence-corrected chi connectivity index (χ0v) is 13.0. The molecule has 1 aromatic rings. The van der Waals surface area contributed by atoms with E-state index in [0.29, 0.717) is 0 Å². The summed E-state index contributed by atoms with van der Waals surface area (Å²) in [5.41, 5.74) is 1.82. The van der Waals surface area contributed by atoms with Crippen molar-refractivity contribution in [2.24, 2.45) is 5.92 Å². The first-order valence-electron chi connectivity index (χ1n) is 6.98. The Kier molecular flexibility index (Phi) is 4.19. The smallest absolute Gasteiger partial charge is 0.412 e. The lowest BCUT2D eigenvalue weighted by Gasteiger charge is -2.22. The van der Waals surface area contributed by atoms with E-state index in [2.05, 4.69) is 12.2 Å². The van der Waals surface area contributed by atoms with E-state index in [4.69, 9.17) is 4.74 Å². The molecule has 106 valence electrons. The van der Waals surface area contributed by atoms with Crippen molar-refractivity contribution in [1.82, 2.24) is 0 Å². The summed E-state index contributed by atoms with van der Waals surface area (Å²) in [6, 6.07) is 0. The molecule has 0 aliphatic heterocycles. The number of anilines is 1. The van der Waals surface area contributed by atoms with Crippen molar-refractivity contribution in [2.45, 2.75) is 59.0 Å². The number of fused-ring (bicyclic) bond motifs is 1. The summed E-state index contributed by atoms with van der Waals surface area (Å²) in [4.78, 5) is 13.2. The summed E-state index contributed by atoms with van der Waals surface area (Å²) in [6.45, 7) is 7.88. The first-order chi connectivity index (χ1) is 8.89. The first-order valence-corrected chi connectivity index (χ1v) is 7.86. The lowest BCUT2D eigenvalue weighted by molar-refractivity contribution is 0.0636. The molecule has 1 amide bonds. The van der Waals surface area contributed by atoms with Gasteiger partial charge in [-0.3, -0.25) is 5.32 Å². The number of nitrogens with one attached hydrogen (secondary N) is 1. The van der Waals surface area contributed by atoms with Crippen molar-refractivity contribution < 1.29 is 9.53 Å². The van der Waals surface area contributed by atoms with Gasteiger partial charge >= 0.3 is 6.09 Å². The number of ether oxygens (including phenoxy) is 1. The minimum absolute atomic E-state index is 0.356. The maximum Gasteiger partial charge on any atom is 0.412 e. The topological polar surface area (TPSA) is 38.3 Å². The van der Waals surface area contributed by atoms with Gasteiger partial charge in [0.15, 0.2) is 0 Å². The zero-order valence-electron chi connectivity index (χ0n) is 12.2. The molecular weight excluding hydrogens is 258 g/mol. The van der Waals surface area contributed by atoms with Crippen molar-refractivity contribution in [3.8, 4) is 0 Å². The van der Waals surface area contributed by atoms with Gasteiger partial charge < -0.3 is 4.74 Å². The van der Waals surface area contributed by atoms with E-state index in [1.165, 1.54) is 23.3 Å². The summed E-state index contributed by atoms with van der Waals surface area (Å²) in [5.74, 6) is 0.806. The van der Waals surface area contributed by atoms with Crippen LogP contribution in [0, 0.1) is 5.92 Å². The molecular formula is C15H23NO2S. The Labute approximate surface area is 119 Å². The zero-order chi connectivity index (χ0) is 14.0. The van der Waals surface area contributed by atoms with Crippen molar-refractivity contribution in [2.75, 3.05) is 5.32 Å². The van der Waals surface area contributed by atoms with Gasteiger partial charge in [-0.2, -0.15) is 0 Å². The summed E-state index contributed by atoms with van der Waals surface area (Å²) in [7, 11) is 0. The van der Waals surface area contributed by atoms with Crippen LogP contribution in [0.5, 0.6) is 0 Å². The lowest BCUT2D eigenvalue weighted by Crippen LogP contribution is -2.27. The summed E-state index contributed by atoms with van der Waals surface area (Å²) in [5, 5.41) is 4.94. The second kappa shape index (κ2) is 5.53. The Bertz CT molecular complexity index is 459. The Morgan fingerprint density at radius 2 is 2.26 bits per heavy atom. The number of hydrogen-bond acceptors (Lipinski definition) is 3. The molecule has 1 aromatic heterocycles. The molecule has 1 N–H and O–H groups in total. The van der Waals surface area contributed by atoms with Crippen LogP contribution >= 0.6 is 11.3 Å². The molecule has 1 aliphatic carbocycles. The standard InChI is InChI=1S/C15H23NO2S/c1-5-10-6-7-11-12(9-19-13(11)8-10)16-14(17)18-15(2,3)4/h9-10H,5-8H2,1-4H3,(H,16,17). The highest BCUT2D eigenvalue weighted by Crippen LogP contribution is 2.36. The van der Waals surface area contributed by atoms with Gasteiger partial charge in [0.2, 0.25) is 0 Å². The molecule has 1 atom stereocenters. The number of amides is 1. The third kappa shape index (κ3) is 3.72. The van der Waals surface area contributed by atoms with Gasteiger partial charge in [-0.1, -0.05) is 13.3 Å². The first kappa shape index (κ1) is 14.4. The van der Waals surface area contributed by atoms with Crippen LogP contribution in [0.1, 0.15) is 51.0 Å². The molecule has 0 spiro atoms. The molecule has 1 aliphatic rings. The van der Waals surface area contributed by atoms with Gasteiger partial charge in [0, 0.05) is 10.3 Å². The number of carbonyl (C=O) groups excluding carboxylic acids is 1. The van der Waals surface area contributed by atoms with Gasteiger partial charge in [-0.15, -0.1) is 11.3 Å². The molecule has 0 saturated heterocycles. The van der Waals surface area contributed by atoms with E-state index in [-0.39, 0.29) is 6.09 Å². The molecule has 3 nitrogen and oxygen atoms in total. The monoisotopic (exact) mass is 281 g/mol. The summed E-state index contributed by atoms with van der Waals surface area (Å²) >= 11 is 1.76. The number of rotatable bonds is 2. The van der Waals surface area contributed by atoms with E-state index in [9.17, 15) is 4.79 Å². The highest BCUT2D eigenvalue weighted by atomic mass is 32.1. The van der Waals surface area contributed by atoms with Crippen LogP contribution in [-0.2, 0) is 17.6 Å². The predicted molar refractivity (Wildman–Crippen MR) is 80.0 cm³/mol. The molecule has 19 heavy (non-hydrogen) atoms. The number of thiophene rings is 1. The van der Waals surface area contributed by atoms with Gasteiger partial charge in [0.25, 0.3) is 0 Å². The molecule has 1 unspecified atom stereocenters. The Morgan fingerprint density at radius 3 is 2.89 bits per heavy atom. The van der Waals surface area contributed by atoms with Crippen LogP contribution in [0.3, 0.4) is 0 Å². The maximum absolute atomic E-state index is 11.8. The van der Waals surface area contributed by atoms with Crippen LogP contribution in [0.2, 0.25) is 0 Å². The Morgan fingerprint density at radius 1 is 1.53 bits per heavy atom. The van der Waals surface area contributed by atoms with Gasteiger partial charge in [0.05, 0.1) is 5.69 Å².